The van der Waals surface area contributed by atoms with Gasteiger partial charge >= 0.3 is 0 Å². The molecular weight excluding hydrogens is 232 g/mol. The van der Waals surface area contributed by atoms with E-state index in [4.69, 9.17) is 10.4 Å². The number of rotatable bonds is 5. The van der Waals surface area contributed by atoms with Crippen molar-refractivity contribution >= 4 is 11.6 Å². The van der Waals surface area contributed by atoms with Crippen molar-refractivity contribution in [3.8, 4) is 0 Å². The highest BCUT2D eigenvalue weighted by Crippen LogP contribution is 2.27. The smallest absolute Gasteiger partial charge is 0.148 e. The number of nitrogens with one attached hydrogen (secondary N) is 2. The van der Waals surface area contributed by atoms with Gasteiger partial charge in [0.1, 0.15) is 29.9 Å². The molecule has 0 bridgehead atoms. The minimum absolute atomic E-state index is 0.247. The number of hydrogen-bond donors (Lipinski definition) is 3. The minimum Gasteiger partial charge on any atom is -0.364 e. The first-order valence-electron chi connectivity index (χ1n) is 5.67. The van der Waals surface area contributed by atoms with Crippen LogP contribution in [0.4, 0.5) is 11.6 Å². The summed E-state index contributed by atoms with van der Waals surface area (Å²) in [6.45, 7) is 4.65. The van der Waals surface area contributed by atoms with Crippen molar-refractivity contribution in [1.82, 2.24) is 15.1 Å². The first kappa shape index (κ1) is 12.3. The predicted octanol–water partition coefficient (Wildman–Crippen LogP) is 1.49. The molecule has 0 saturated carbocycles. The molecular formula is C11H16N6O. The Bertz CT molecular complexity index is 496. The van der Waals surface area contributed by atoms with Gasteiger partial charge in [-0.15, -0.1) is 0 Å². The van der Waals surface area contributed by atoms with Gasteiger partial charge in [-0.2, -0.15) is 0 Å². The van der Waals surface area contributed by atoms with E-state index >= 15 is 0 Å². The molecule has 0 unspecified atom stereocenters. The van der Waals surface area contributed by atoms with Gasteiger partial charge in [0.15, 0.2) is 0 Å². The van der Waals surface area contributed by atoms with Crippen LogP contribution in [-0.4, -0.2) is 15.1 Å². The van der Waals surface area contributed by atoms with E-state index in [1.807, 2.05) is 0 Å². The van der Waals surface area contributed by atoms with E-state index in [1.165, 1.54) is 12.6 Å². The molecule has 2 heterocycles. The fourth-order valence-corrected chi connectivity index (χ4v) is 1.70. The summed E-state index contributed by atoms with van der Waals surface area (Å²) in [6.07, 6.45) is 3.00. The molecule has 7 nitrogen and oxygen atoms in total. The number of nitrogens with zero attached hydrogens (tertiary/aromatic N) is 3. The molecule has 7 heteroatoms. The van der Waals surface area contributed by atoms with Crippen LogP contribution >= 0.6 is 0 Å². The highest BCUT2D eigenvalue weighted by atomic mass is 16.5. The Kier molecular flexibility index (Phi) is 3.73. The van der Waals surface area contributed by atoms with E-state index in [-0.39, 0.29) is 5.92 Å². The molecule has 0 radical (unpaired) electrons. The highest BCUT2D eigenvalue weighted by Gasteiger charge is 2.14. The molecule has 0 aromatic carbocycles. The second-order valence-electron chi connectivity index (χ2n) is 4.13. The summed E-state index contributed by atoms with van der Waals surface area (Å²) in [5.41, 5.74) is 4.34. The molecule has 2 rings (SSSR count). The molecule has 96 valence electrons. The second kappa shape index (κ2) is 5.46. The van der Waals surface area contributed by atoms with Crippen LogP contribution in [-0.2, 0) is 6.54 Å². The van der Waals surface area contributed by atoms with Gasteiger partial charge in [-0.1, -0.05) is 19.0 Å². The van der Waals surface area contributed by atoms with Crippen LogP contribution in [0.2, 0.25) is 0 Å². The van der Waals surface area contributed by atoms with Gasteiger partial charge in [0, 0.05) is 11.6 Å². The monoisotopic (exact) mass is 248 g/mol. The fraction of sp³-hybridized carbons (Fsp3) is 0.364. The summed E-state index contributed by atoms with van der Waals surface area (Å²) < 4.78 is 4.77. The van der Waals surface area contributed by atoms with Gasteiger partial charge in [-0.05, 0) is 5.92 Å². The Hall–Kier alpha value is -2.15. The zero-order valence-corrected chi connectivity index (χ0v) is 10.3. The van der Waals surface area contributed by atoms with E-state index in [0.717, 1.165) is 17.1 Å². The Morgan fingerprint density at radius 2 is 2.11 bits per heavy atom. The van der Waals surface area contributed by atoms with Crippen molar-refractivity contribution in [1.29, 1.82) is 0 Å². The lowest BCUT2D eigenvalue weighted by Gasteiger charge is -2.15. The third-order valence-electron chi connectivity index (χ3n) is 2.53. The Morgan fingerprint density at radius 1 is 1.33 bits per heavy atom. The van der Waals surface area contributed by atoms with Crippen LogP contribution in [0.25, 0.3) is 0 Å². The first-order chi connectivity index (χ1) is 8.72. The molecule has 0 aliphatic carbocycles. The standard InChI is InChI=1S/C11H16N6O/c1-7(2)9-10(14-6-15-11(9)16-12)13-5-8-3-4-18-17-8/h3-4,6-7H,5,12H2,1-2H3,(H2,13,14,15,16). The SMILES string of the molecule is CC(C)c1c(NN)ncnc1NCc1ccon1. The molecule has 0 aliphatic rings. The number of aromatic nitrogens is 3. The van der Waals surface area contributed by atoms with Crippen LogP contribution in [0.3, 0.4) is 0 Å². The summed E-state index contributed by atoms with van der Waals surface area (Å²) in [6, 6.07) is 1.80. The quantitative estimate of drug-likeness (QED) is 0.544. The molecule has 0 saturated heterocycles. The molecule has 0 aliphatic heterocycles. The molecule has 2 aromatic rings. The highest BCUT2D eigenvalue weighted by molar-refractivity contribution is 5.58. The van der Waals surface area contributed by atoms with Crippen molar-refractivity contribution in [2.75, 3.05) is 10.7 Å². The third kappa shape index (κ3) is 2.57. The zero-order chi connectivity index (χ0) is 13.0. The van der Waals surface area contributed by atoms with Crippen LogP contribution < -0.4 is 16.6 Å². The van der Waals surface area contributed by atoms with Crippen LogP contribution in [0.5, 0.6) is 0 Å². The molecule has 4 N–H and O–H groups in total. The van der Waals surface area contributed by atoms with Gasteiger partial charge in [0.2, 0.25) is 0 Å². The topological polar surface area (TPSA) is 102 Å². The lowest BCUT2D eigenvalue weighted by molar-refractivity contribution is 0.412. The van der Waals surface area contributed by atoms with Crippen LogP contribution in [0.15, 0.2) is 23.2 Å². The average Bonchev–Trinajstić information content (AvgIpc) is 2.88. The fourth-order valence-electron chi connectivity index (χ4n) is 1.70. The normalized spacial score (nSPS) is 10.7. The number of anilines is 2. The Morgan fingerprint density at radius 3 is 2.72 bits per heavy atom. The summed E-state index contributed by atoms with van der Waals surface area (Å²) in [5, 5.41) is 7.03. The maximum Gasteiger partial charge on any atom is 0.148 e. The van der Waals surface area contributed by atoms with Gasteiger partial charge in [-0.3, -0.25) is 0 Å². The van der Waals surface area contributed by atoms with E-state index in [1.54, 1.807) is 6.07 Å². The maximum atomic E-state index is 5.45. The zero-order valence-electron chi connectivity index (χ0n) is 10.3. The number of hydrazine groups is 1. The Labute approximate surface area is 105 Å². The third-order valence-corrected chi connectivity index (χ3v) is 2.53. The summed E-state index contributed by atoms with van der Waals surface area (Å²) in [5.74, 6) is 7.07. The number of nitrogens with two attached hydrogens (primary N) is 1. The van der Waals surface area contributed by atoms with E-state index < -0.39 is 0 Å². The lowest BCUT2D eigenvalue weighted by atomic mass is 10.0. The van der Waals surface area contributed by atoms with Crippen LogP contribution in [0, 0.1) is 0 Å². The Balaban J connectivity index is 2.21. The minimum atomic E-state index is 0.247. The van der Waals surface area contributed by atoms with Gasteiger partial charge in [0.05, 0.1) is 6.54 Å². The maximum absolute atomic E-state index is 5.45. The molecule has 0 amide bonds. The lowest BCUT2D eigenvalue weighted by Crippen LogP contribution is -2.15. The average molecular weight is 248 g/mol. The molecule has 0 fully saturated rings. The van der Waals surface area contributed by atoms with E-state index in [9.17, 15) is 0 Å². The first-order valence-corrected chi connectivity index (χ1v) is 5.67. The van der Waals surface area contributed by atoms with Crippen LogP contribution in [0.1, 0.15) is 31.0 Å². The largest absolute Gasteiger partial charge is 0.364 e. The number of nitrogen functional groups attached to an aromatic ring is 1. The molecule has 0 spiro atoms. The van der Waals surface area contributed by atoms with Gasteiger partial charge in [-0.25, -0.2) is 15.8 Å². The summed E-state index contributed by atoms with van der Waals surface area (Å²) in [7, 11) is 0. The molecule has 0 atom stereocenters. The van der Waals surface area contributed by atoms with Gasteiger partial charge in [0.25, 0.3) is 0 Å². The van der Waals surface area contributed by atoms with Crippen molar-refractivity contribution in [3.63, 3.8) is 0 Å². The van der Waals surface area contributed by atoms with Crippen molar-refractivity contribution in [3.05, 3.63) is 29.9 Å². The van der Waals surface area contributed by atoms with Crippen molar-refractivity contribution in [2.45, 2.75) is 26.3 Å². The van der Waals surface area contributed by atoms with Gasteiger partial charge < -0.3 is 15.3 Å². The number of hydrogen-bond acceptors (Lipinski definition) is 7. The van der Waals surface area contributed by atoms with Crippen molar-refractivity contribution < 1.29 is 4.52 Å². The molecule has 18 heavy (non-hydrogen) atoms. The predicted molar refractivity (Wildman–Crippen MR) is 67.8 cm³/mol. The molecule has 2 aromatic heterocycles. The second-order valence-corrected chi connectivity index (χ2v) is 4.13. The van der Waals surface area contributed by atoms with E-state index in [2.05, 4.69) is 39.7 Å². The van der Waals surface area contributed by atoms with Crippen molar-refractivity contribution in [2.24, 2.45) is 5.84 Å². The summed E-state index contributed by atoms with van der Waals surface area (Å²) >= 11 is 0. The van der Waals surface area contributed by atoms with E-state index in [0.29, 0.717) is 12.4 Å². The summed E-state index contributed by atoms with van der Waals surface area (Å²) in [4.78, 5) is 8.33.